The summed E-state index contributed by atoms with van der Waals surface area (Å²) in [5, 5.41) is 9.16. The van der Waals surface area contributed by atoms with Crippen LogP contribution in [-0.4, -0.2) is 39.1 Å². The van der Waals surface area contributed by atoms with Gasteiger partial charge in [-0.3, -0.25) is 9.69 Å². The van der Waals surface area contributed by atoms with Crippen molar-refractivity contribution in [1.82, 2.24) is 4.90 Å². The molecule has 21 heavy (non-hydrogen) atoms. The highest BCUT2D eigenvalue weighted by Gasteiger charge is 2.52. The highest BCUT2D eigenvalue weighted by Crippen LogP contribution is 2.39. The number of halogens is 1. The first-order valence-corrected chi connectivity index (χ1v) is 7.24. The van der Waals surface area contributed by atoms with Crippen LogP contribution in [0.1, 0.15) is 0 Å². The van der Waals surface area contributed by atoms with E-state index in [9.17, 15) is 14.7 Å². The largest absolute Gasteiger partial charge is 1.00 e. The number of β-lactam (4-membered cyclic amide) rings is 1. The molecule has 1 unspecified atom stereocenters. The number of nitrogens with two attached hydrogens (primary N) is 1. The Labute approximate surface area is 132 Å². The lowest BCUT2D eigenvalue weighted by atomic mass is 10.0. The zero-order valence-electron chi connectivity index (χ0n) is 11.0. The molecule has 112 valence electrons. The van der Waals surface area contributed by atoms with Crippen LogP contribution >= 0.6 is 11.8 Å². The number of carbonyl (C=O) groups excluding carboxylic acids is 1. The van der Waals surface area contributed by atoms with E-state index < -0.39 is 12.0 Å². The van der Waals surface area contributed by atoms with Gasteiger partial charge >= 0.3 is 5.97 Å². The standard InChI is InChI=1S/C13H13N3O3S.ClH/c14-9-11(17)16-10(13(18)19)8(7-20-12(9)16)6-15-4-2-1-3-5-15;/h1-5,9,12H,6-7,14H2;1H/t9?,12-;/m0./s1. The summed E-state index contributed by atoms with van der Waals surface area (Å²) < 4.78 is 1.89. The van der Waals surface area contributed by atoms with Gasteiger partial charge in [-0.2, -0.15) is 0 Å². The molecular formula is C13H14ClN3O3S. The highest BCUT2D eigenvalue weighted by atomic mass is 35.5. The quantitative estimate of drug-likeness (QED) is 0.445. The van der Waals surface area contributed by atoms with Crippen molar-refractivity contribution < 1.29 is 31.7 Å². The van der Waals surface area contributed by atoms with Gasteiger partial charge in [0.05, 0.1) is 0 Å². The van der Waals surface area contributed by atoms with Crippen LogP contribution in [0.2, 0.25) is 0 Å². The first kappa shape index (κ1) is 15.8. The lowest BCUT2D eigenvalue weighted by molar-refractivity contribution is -0.689. The second-order valence-electron chi connectivity index (χ2n) is 4.74. The fraction of sp³-hybridized carbons (Fsp3) is 0.308. The smallest absolute Gasteiger partial charge is 0.352 e. The molecule has 1 aromatic heterocycles. The number of carbonyl (C=O) groups is 2. The van der Waals surface area contributed by atoms with E-state index in [0.29, 0.717) is 12.3 Å². The van der Waals surface area contributed by atoms with E-state index in [1.165, 1.54) is 16.7 Å². The molecule has 1 saturated heterocycles. The number of nitrogens with zero attached hydrogens (tertiary/aromatic N) is 2. The van der Waals surface area contributed by atoms with Gasteiger partial charge in [-0.25, -0.2) is 9.36 Å². The van der Waals surface area contributed by atoms with Crippen molar-refractivity contribution in [1.29, 1.82) is 0 Å². The van der Waals surface area contributed by atoms with Crippen molar-refractivity contribution >= 4 is 23.6 Å². The molecule has 0 radical (unpaired) electrons. The number of rotatable bonds is 3. The minimum atomic E-state index is -1.07. The Bertz CT molecular complexity index is 608. The van der Waals surface area contributed by atoms with E-state index in [1.54, 1.807) is 0 Å². The van der Waals surface area contributed by atoms with Crippen LogP contribution in [0.25, 0.3) is 0 Å². The maximum Gasteiger partial charge on any atom is 0.352 e. The summed E-state index contributed by atoms with van der Waals surface area (Å²) in [6.45, 7) is 0.460. The molecule has 6 nitrogen and oxygen atoms in total. The SMILES string of the molecule is NC1C(=O)N2C(C(=O)O)=C(C[n+]3ccccc3)CS[C@@H]12.[Cl-]. The van der Waals surface area contributed by atoms with Crippen molar-refractivity contribution in [3.63, 3.8) is 0 Å². The topological polar surface area (TPSA) is 87.5 Å². The minimum Gasteiger partial charge on any atom is -1.00 e. The van der Waals surface area contributed by atoms with Crippen molar-refractivity contribution in [3.8, 4) is 0 Å². The van der Waals surface area contributed by atoms with Gasteiger partial charge in [0.25, 0.3) is 0 Å². The molecule has 1 fully saturated rings. The second kappa shape index (κ2) is 6.05. The second-order valence-corrected chi connectivity index (χ2v) is 5.85. The third-order valence-electron chi connectivity index (χ3n) is 3.44. The van der Waals surface area contributed by atoms with Gasteiger partial charge in [0.15, 0.2) is 18.9 Å². The number of fused-ring (bicyclic) bond motifs is 1. The first-order valence-electron chi connectivity index (χ1n) is 6.19. The molecule has 0 saturated carbocycles. The summed E-state index contributed by atoms with van der Waals surface area (Å²) in [5.74, 6) is -0.802. The van der Waals surface area contributed by atoms with Crippen molar-refractivity contribution in [2.45, 2.75) is 18.0 Å². The maximum atomic E-state index is 11.8. The average Bonchev–Trinajstić information content (AvgIpc) is 2.46. The number of carboxylic acids is 1. The number of aromatic nitrogens is 1. The molecule has 3 rings (SSSR count). The number of hydrogen-bond acceptors (Lipinski definition) is 4. The van der Waals surface area contributed by atoms with Gasteiger partial charge in [0.2, 0.25) is 5.91 Å². The number of carboxylic acid groups (broad SMARTS) is 1. The summed E-state index contributed by atoms with van der Waals surface area (Å²) >= 11 is 1.52. The molecule has 2 aliphatic heterocycles. The van der Waals surface area contributed by atoms with Crippen LogP contribution in [0.3, 0.4) is 0 Å². The van der Waals surface area contributed by atoms with Gasteiger partial charge < -0.3 is 23.2 Å². The minimum absolute atomic E-state index is 0. The molecule has 0 bridgehead atoms. The summed E-state index contributed by atoms with van der Waals surface area (Å²) in [7, 11) is 0. The molecular weight excluding hydrogens is 314 g/mol. The van der Waals surface area contributed by atoms with Crippen LogP contribution in [-0.2, 0) is 16.1 Å². The Morgan fingerprint density at radius 2 is 2.10 bits per heavy atom. The molecule has 2 atom stereocenters. The lowest BCUT2D eigenvalue weighted by Gasteiger charge is -2.47. The Morgan fingerprint density at radius 1 is 1.43 bits per heavy atom. The molecule has 2 aliphatic rings. The van der Waals surface area contributed by atoms with E-state index in [2.05, 4.69) is 0 Å². The van der Waals surface area contributed by atoms with E-state index in [1.807, 2.05) is 35.2 Å². The van der Waals surface area contributed by atoms with Gasteiger partial charge in [0, 0.05) is 23.5 Å². The van der Waals surface area contributed by atoms with E-state index in [-0.39, 0.29) is 29.4 Å². The zero-order chi connectivity index (χ0) is 14.3. The van der Waals surface area contributed by atoms with Gasteiger partial charge in [-0.15, -0.1) is 11.8 Å². The first-order chi connectivity index (χ1) is 9.59. The Hall–Kier alpha value is -1.57. The molecule has 1 amide bonds. The number of hydrogen-bond donors (Lipinski definition) is 2. The van der Waals surface area contributed by atoms with Crippen molar-refractivity contribution in [3.05, 3.63) is 41.9 Å². The third kappa shape index (κ3) is 2.64. The number of aliphatic carboxylic acids is 1. The summed E-state index contributed by atoms with van der Waals surface area (Å²) in [4.78, 5) is 24.6. The van der Waals surface area contributed by atoms with Gasteiger partial charge in [-0.05, 0) is 0 Å². The van der Waals surface area contributed by atoms with Crippen LogP contribution < -0.4 is 22.7 Å². The highest BCUT2D eigenvalue weighted by molar-refractivity contribution is 8.00. The van der Waals surface area contributed by atoms with E-state index in [0.717, 1.165) is 5.57 Å². The molecule has 8 heteroatoms. The normalized spacial score (nSPS) is 24.0. The number of amides is 1. The van der Waals surface area contributed by atoms with Crippen LogP contribution in [0.4, 0.5) is 0 Å². The number of thioether (sulfide) groups is 1. The predicted octanol–water partition coefficient (Wildman–Crippen LogP) is -3.44. The maximum absolute atomic E-state index is 11.8. The fourth-order valence-corrected chi connectivity index (χ4v) is 3.74. The molecule has 0 spiro atoms. The Balaban J connectivity index is 0.00000161. The summed E-state index contributed by atoms with van der Waals surface area (Å²) in [5.41, 5.74) is 6.53. The van der Waals surface area contributed by atoms with Gasteiger partial charge in [-0.1, -0.05) is 6.07 Å². The number of pyridine rings is 1. The van der Waals surface area contributed by atoms with Crippen molar-refractivity contribution in [2.75, 3.05) is 5.75 Å². The average molecular weight is 328 g/mol. The summed E-state index contributed by atoms with van der Waals surface area (Å²) in [6.07, 6.45) is 3.74. The molecule has 3 N–H and O–H groups in total. The summed E-state index contributed by atoms with van der Waals surface area (Å²) in [6, 6.07) is 5.07. The van der Waals surface area contributed by atoms with E-state index in [4.69, 9.17) is 5.73 Å². The molecule has 0 aromatic carbocycles. The Morgan fingerprint density at radius 3 is 2.71 bits per heavy atom. The van der Waals surface area contributed by atoms with Crippen molar-refractivity contribution in [2.24, 2.45) is 5.73 Å². The van der Waals surface area contributed by atoms with Gasteiger partial charge in [0.1, 0.15) is 17.1 Å². The lowest BCUT2D eigenvalue weighted by Crippen LogP contribution is -3.00. The Kier molecular flexibility index (Phi) is 4.55. The van der Waals surface area contributed by atoms with E-state index >= 15 is 0 Å². The zero-order valence-corrected chi connectivity index (χ0v) is 12.5. The monoisotopic (exact) mass is 327 g/mol. The molecule has 1 aromatic rings. The predicted molar refractivity (Wildman–Crippen MR) is 72.4 cm³/mol. The molecule has 0 aliphatic carbocycles. The third-order valence-corrected chi connectivity index (χ3v) is 4.80. The fourth-order valence-electron chi connectivity index (χ4n) is 2.46. The molecule has 3 heterocycles. The van der Waals surface area contributed by atoms with Crippen LogP contribution in [0.5, 0.6) is 0 Å². The van der Waals surface area contributed by atoms with Crippen LogP contribution in [0, 0.1) is 0 Å². The van der Waals surface area contributed by atoms with Crippen LogP contribution in [0.15, 0.2) is 41.9 Å².